The van der Waals surface area contributed by atoms with Crippen molar-refractivity contribution in [2.45, 2.75) is 40.5 Å². The molecule has 2 rings (SSSR count). The van der Waals surface area contributed by atoms with Crippen molar-refractivity contribution in [1.29, 1.82) is 0 Å². The van der Waals surface area contributed by atoms with Crippen molar-refractivity contribution < 1.29 is 4.74 Å². The number of ether oxygens (including phenoxy) is 1. The van der Waals surface area contributed by atoms with Crippen LogP contribution in [0.15, 0.2) is 0 Å². The van der Waals surface area contributed by atoms with E-state index in [1.54, 1.807) is 0 Å². The maximum Gasteiger partial charge on any atom is 0.0545 e. The first-order valence-corrected chi connectivity index (χ1v) is 5.30. The molecular formula is C11H22O. The molecule has 2 fully saturated rings. The van der Waals surface area contributed by atoms with Gasteiger partial charge in [0.2, 0.25) is 0 Å². The summed E-state index contributed by atoms with van der Waals surface area (Å²) < 4.78 is 5.21. The van der Waals surface area contributed by atoms with Crippen LogP contribution in [0.1, 0.15) is 40.5 Å². The van der Waals surface area contributed by atoms with Gasteiger partial charge in [0, 0.05) is 5.41 Å². The Morgan fingerprint density at radius 1 is 1.17 bits per heavy atom. The van der Waals surface area contributed by atoms with Gasteiger partial charge in [-0.15, -0.1) is 0 Å². The Bertz CT molecular complexity index is 128. The second-order valence-corrected chi connectivity index (χ2v) is 4.41. The molecule has 0 unspecified atom stereocenters. The Hall–Kier alpha value is -0.0400. The maximum absolute atomic E-state index is 5.21. The van der Waals surface area contributed by atoms with Gasteiger partial charge in [0.15, 0.2) is 0 Å². The van der Waals surface area contributed by atoms with Crippen molar-refractivity contribution in [3.05, 3.63) is 0 Å². The lowest BCUT2D eigenvalue weighted by Gasteiger charge is -2.54. The standard InChI is InChI=1S/C9H16O.C2H6/c1-7(2)8-3-9(4-8)5-10-6-9;1-2/h7-8H,3-6H2,1-2H3;1-2H3. The van der Waals surface area contributed by atoms with Crippen LogP contribution in [0.2, 0.25) is 0 Å². The largest absolute Gasteiger partial charge is 0.380 e. The highest BCUT2D eigenvalue weighted by Gasteiger charge is 2.50. The van der Waals surface area contributed by atoms with Crippen molar-refractivity contribution >= 4 is 0 Å². The molecule has 0 N–H and O–H groups in total. The molecule has 0 aromatic rings. The summed E-state index contributed by atoms with van der Waals surface area (Å²) in [7, 11) is 0. The first kappa shape index (κ1) is 10.0. The zero-order chi connectivity index (χ0) is 9.19. The summed E-state index contributed by atoms with van der Waals surface area (Å²) >= 11 is 0. The third kappa shape index (κ3) is 1.66. The summed E-state index contributed by atoms with van der Waals surface area (Å²) in [4.78, 5) is 0. The molecule has 1 spiro atoms. The highest BCUT2D eigenvalue weighted by Crippen LogP contribution is 2.53. The van der Waals surface area contributed by atoms with Gasteiger partial charge in [0.05, 0.1) is 13.2 Å². The molecule has 1 heteroatoms. The van der Waals surface area contributed by atoms with Gasteiger partial charge >= 0.3 is 0 Å². The summed E-state index contributed by atoms with van der Waals surface area (Å²) in [6.07, 6.45) is 2.87. The average molecular weight is 170 g/mol. The van der Waals surface area contributed by atoms with E-state index in [0.29, 0.717) is 5.41 Å². The zero-order valence-corrected chi connectivity index (χ0v) is 8.89. The predicted octanol–water partition coefficient (Wildman–Crippen LogP) is 3.10. The van der Waals surface area contributed by atoms with E-state index >= 15 is 0 Å². The molecule has 0 bridgehead atoms. The number of rotatable bonds is 1. The van der Waals surface area contributed by atoms with Gasteiger partial charge < -0.3 is 4.74 Å². The topological polar surface area (TPSA) is 9.23 Å². The number of hydrogen-bond acceptors (Lipinski definition) is 1. The molecule has 0 radical (unpaired) electrons. The zero-order valence-electron chi connectivity index (χ0n) is 8.89. The van der Waals surface area contributed by atoms with Gasteiger partial charge in [-0.3, -0.25) is 0 Å². The van der Waals surface area contributed by atoms with Gasteiger partial charge in [-0.05, 0) is 24.7 Å². The summed E-state index contributed by atoms with van der Waals surface area (Å²) in [5, 5.41) is 0. The lowest BCUT2D eigenvalue weighted by atomic mass is 9.58. The Balaban J connectivity index is 0.000000336. The summed E-state index contributed by atoms with van der Waals surface area (Å²) in [5.41, 5.74) is 0.676. The fraction of sp³-hybridized carbons (Fsp3) is 1.00. The molecule has 1 saturated carbocycles. The third-order valence-electron chi connectivity index (χ3n) is 3.15. The van der Waals surface area contributed by atoms with Crippen LogP contribution in [0.4, 0.5) is 0 Å². The van der Waals surface area contributed by atoms with E-state index in [1.807, 2.05) is 13.8 Å². The van der Waals surface area contributed by atoms with Gasteiger partial charge in [-0.2, -0.15) is 0 Å². The van der Waals surface area contributed by atoms with E-state index < -0.39 is 0 Å². The highest BCUT2D eigenvalue weighted by atomic mass is 16.5. The van der Waals surface area contributed by atoms with Crippen LogP contribution < -0.4 is 0 Å². The van der Waals surface area contributed by atoms with E-state index in [1.165, 1.54) is 12.8 Å². The maximum atomic E-state index is 5.21. The molecule has 0 aromatic carbocycles. The minimum Gasteiger partial charge on any atom is -0.380 e. The first-order valence-electron chi connectivity index (χ1n) is 5.30. The van der Waals surface area contributed by atoms with Crippen molar-refractivity contribution in [2.24, 2.45) is 17.3 Å². The molecule has 12 heavy (non-hydrogen) atoms. The van der Waals surface area contributed by atoms with E-state index in [9.17, 15) is 0 Å². The molecule has 1 aliphatic heterocycles. The lowest BCUT2D eigenvalue weighted by Crippen LogP contribution is -2.53. The molecule has 72 valence electrons. The second kappa shape index (κ2) is 3.78. The molecule has 0 atom stereocenters. The molecule has 1 heterocycles. The number of hydrogen-bond donors (Lipinski definition) is 0. The monoisotopic (exact) mass is 170 g/mol. The van der Waals surface area contributed by atoms with Crippen molar-refractivity contribution in [3.8, 4) is 0 Å². The van der Waals surface area contributed by atoms with Crippen LogP contribution in [0, 0.1) is 17.3 Å². The third-order valence-corrected chi connectivity index (χ3v) is 3.15. The van der Waals surface area contributed by atoms with Crippen molar-refractivity contribution in [1.82, 2.24) is 0 Å². The Morgan fingerprint density at radius 2 is 1.67 bits per heavy atom. The quantitative estimate of drug-likeness (QED) is 0.587. The van der Waals surface area contributed by atoms with Crippen LogP contribution in [0.5, 0.6) is 0 Å². The van der Waals surface area contributed by atoms with Crippen molar-refractivity contribution in [3.63, 3.8) is 0 Å². The molecule has 1 saturated heterocycles. The van der Waals surface area contributed by atoms with Crippen LogP contribution in [-0.2, 0) is 4.74 Å². The molecule has 0 aromatic heterocycles. The van der Waals surface area contributed by atoms with Crippen LogP contribution in [0.3, 0.4) is 0 Å². The normalized spacial score (nSPS) is 25.8. The van der Waals surface area contributed by atoms with Crippen LogP contribution in [0.25, 0.3) is 0 Å². The summed E-state index contributed by atoms with van der Waals surface area (Å²) in [6.45, 7) is 10.8. The van der Waals surface area contributed by atoms with Gasteiger partial charge in [-0.1, -0.05) is 27.7 Å². The minimum atomic E-state index is 0.676. The van der Waals surface area contributed by atoms with E-state index in [4.69, 9.17) is 4.74 Å². The minimum absolute atomic E-state index is 0.676. The van der Waals surface area contributed by atoms with Crippen molar-refractivity contribution in [2.75, 3.05) is 13.2 Å². The van der Waals surface area contributed by atoms with Crippen LogP contribution in [-0.4, -0.2) is 13.2 Å². The average Bonchev–Trinajstić information content (AvgIpc) is 1.85. The van der Waals surface area contributed by atoms with Gasteiger partial charge in [0.25, 0.3) is 0 Å². The van der Waals surface area contributed by atoms with E-state index in [0.717, 1.165) is 25.0 Å². The predicted molar refractivity (Wildman–Crippen MR) is 52.2 cm³/mol. The summed E-state index contributed by atoms with van der Waals surface area (Å²) in [5.74, 6) is 1.90. The van der Waals surface area contributed by atoms with E-state index in [2.05, 4.69) is 13.8 Å². The first-order chi connectivity index (χ1) is 5.72. The van der Waals surface area contributed by atoms with Crippen LogP contribution >= 0.6 is 0 Å². The molecule has 1 nitrogen and oxygen atoms in total. The SMILES string of the molecule is CC.CC(C)C1CC2(COC2)C1. The smallest absolute Gasteiger partial charge is 0.0545 e. The summed E-state index contributed by atoms with van der Waals surface area (Å²) in [6, 6.07) is 0. The molecular weight excluding hydrogens is 148 g/mol. The Morgan fingerprint density at radius 3 is 1.92 bits per heavy atom. The van der Waals surface area contributed by atoms with Gasteiger partial charge in [0.1, 0.15) is 0 Å². The molecule has 1 aliphatic carbocycles. The lowest BCUT2D eigenvalue weighted by molar-refractivity contribution is -0.185. The molecule has 0 amide bonds. The fourth-order valence-electron chi connectivity index (χ4n) is 2.15. The Kier molecular flexibility index (Phi) is 3.16. The molecule has 2 aliphatic rings. The van der Waals surface area contributed by atoms with Gasteiger partial charge in [-0.25, -0.2) is 0 Å². The van der Waals surface area contributed by atoms with E-state index in [-0.39, 0.29) is 0 Å². The highest BCUT2D eigenvalue weighted by molar-refractivity contribution is 4.98. The fourth-order valence-corrected chi connectivity index (χ4v) is 2.15. The second-order valence-electron chi connectivity index (χ2n) is 4.41. The Labute approximate surface area is 76.5 Å².